The van der Waals surface area contributed by atoms with Crippen LogP contribution in [0.15, 0.2) is 42.7 Å². The van der Waals surface area contributed by atoms with Gasteiger partial charge in [-0.3, -0.25) is 4.68 Å². The van der Waals surface area contributed by atoms with Crippen LogP contribution in [0.4, 0.5) is 10.5 Å². The molecule has 0 saturated heterocycles. The van der Waals surface area contributed by atoms with Gasteiger partial charge in [-0.1, -0.05) is 0 Å². The molecule has 0 bridgehead atoms. The SMILES string of the molecule is COc1ccc(NC(=O)NCCn2cccn2)cc1. The average Bonchev–Trinajstić information content (AvgIpc) is 2.93. The normalized spacial score (nSPS) is 9.95. The van der Waals surface area contributed by atoms with Gasteiger partial charge < -0.3 is 15.4 Å². The minimum atomic E-state index is -0.239. The highest BCUT2D eigenvalue weighted by Gasteiger charge is 2.01. The van der Waals surface area contributed by atoms with E-state index >= 15 is 0 Å². The fraction of sp³-hybridized carbons (Fsp3) is 0.231. The van der Waals surface area contributed by atoms with Crippen LogP contribution in [0, 0.1) is 0 Å². The number of nitrogens with one attached hydrogen (secondary N) is 2. The molecule has 0 fully saturated rings. The third kappa shape index (κ3) is 4.02. The Kier molecular flexibility index (Phi) is 4.39. The molecule has 0 aliphatic carbocycles. The summed E-state index contributed by atoms with van der Waals surface area (Å²) in [5.41, 5.74) is 0.720. The molecule has 0 spiro atoms. The van der Waals surface area contributed by atoms with Crippen molar-refractivity contribution in [1.29, 1.82) is 0 Å². The fourth-order valence-corrected chi connectivity index (χ4v) is 1.57. The molecular weight excluding hydrogens is 244 g/mol. The zero-order valence-corrected chi connectivity index (χ0v) is 10.7. The van der Waals surface area contributed by atoms with Crippen molar-refractivity contribution in [2.45, 2.75) is 6.54 Å². The molecule has 2 rings (SSSR count). The maximum atomic E-state index is 11.6. The number of amides is 2. The second kappa shape index (κ2) is 6.44. The average molecular weight is 260 g/mol. The highest BCUT2D eigenvalue weighted by atomic mass is 16.5. The molecule has 0 radical (unpaired) electrons. The number of benzene rings is 1. The van der Waals surface area contributed by atoms with Crippen LogP contribution < -0.4 is 15.4 Å². The van der Waals surface area contributed by atoms with Crippen molar-refractivity contribution in [1.82, 2.24) is 15.1 Å². The van der Waals surface area contributed by atoms with Crippen LogP contribution in [0.2, 0.25) is 0 Å². The summed E-state index contributed by atoms with van der Waals surface area (Å²) in [5.74, 6) is 0.754. The number of rotatable bonds is 5. The number of methoxy groups -OCH3 is 1. The Bertz CT molecular complexity index is 508. The van der Waals surface area contributed by atoms with E-state index in [-0.39, 0.29) is 6.03 Å². The molecule has 6 nitrogen and oxygen atoms in total. The Morgan fingerprint density at radius 3 is 2.79 bits per heavy atom. The number of ether oxygens (including phenoxy) is 1. The summed E-state index contributed by atoms with van der Waals surface area (Å²) in [4.78, 5) is 11.6. The predicted molar refractivity (Wildman–Crippen MR) is 72.2 cm³/mol. The zero-order chi connectivity index (χ0) is 13.5. The van der Waals surface area contributed by atoms with Gasteiger partial charge in [0.1, 0.15) is 5.75 Å². The Hall–Kier alpha value is -2.50. The van der Waals surface area contributed by atoms with Crippen LogP contribution in [0.25, 0.3) is 0 Å². The largest absolute Gasteiger partial charge is 0.497 e. The molecule has 2 amide bonds. The maximum Gasteiger partial charge on any atom is 0.319 e. The quantitative estimate of drug-likeness (QED) is 0.860. The number of nitrogens with zero attached hydrogens (tertiary/aromatic N) is 2. The van der Waals surface area contributed by atoms with Gasteiger partial charge in [0, 0.05) is 24.6 Å². The van der Waals surface area contributed by atoms with Crippen molar-refractivity contribution in [2.24, 2.45) is 0 Å². The number of hydrogen-bond acceptors (Lipinski definition) is 3. The number of hydrogen-bond donors (Lipinski definition) is 2. The van der Waals surface area contributed by atoms with E-state index in [1.165, 1.54) is 0 Å². The number of carbonyl (C=O) groups is 1. The van der Waals surface area contributed by atoms with Crippen molar-refractivity contribution in [3.63, 3.8) is 0 Å². The number of urea groups is 1. The monoisotopic (exact) mass is 260 g/mol. The van der Waals surface area contributed by atoms with Crippen molar-refractivity contribution in [3.8, 4) is 5.75 Å². The summed E-state index contributed by atoms with van der Waals surface area (Å²) < 4.78 is 6.80. The molecule has 0 aliphatic heterocycles. The molecule has 19 heavy (non-hydrogen) atoms. The first kappa shape index (κ1) is 12.9. The van der Waals surface area contributed by atoms with E-state index in [1.54, 1.807) is 42.3 Å². The summed E-state index contributed by atoms with van der Waals surface area (Å²) in [6.45, 7) is 1.16. The lowest BCUT2D eigenvalue weighted by Gasteiger charge is -2.08. The zero-order valence-electron chi connectivity index (χ0n) is 10.7. The van der Waals surface area contributed by atoms with Gasteiger partial charge in [0.2, 0.25) is 0 Å². The van der Waals surface area contributed by atoms with Crippen LogP contribution in [-0.4, -0.2) is 29.5 Å². The van der Waals surface area contributed by atoms with E-state index in [2.05, 4.69) is 15.7 Å². The van der Waals surface area contributed by atoms with Crippen LogP contribution in [0.3, 0.4) is 0 Å². The minimum Gasteiger partial charge on any atom is -0.497 e. The van der Waals surface area contributed by atoms with Gasteiger partial charge >= 0.3 is 6.03 Å². The highest BCUT2D eigenvalue weighted by Crippen LogP contribution is 2.14. The van der Waals surface area contributed by atoms with E-state index in [0.717, 1.165) is 11.4 Å². The van der Waals surface area contributed by atoms with Gasteiger partial charge in [0.15, 0.2) is 0 Å². The third-order valence-corrected chi connectivity index (χ3v) is 2.53. The molecule has 1 aromatic heterocycles. The van der Waals surface area contributed by atoms with Gasteiger partial charge in [0.05, 0.1) is 13.7 Å². The summed E-state index contributed by atoms with van der Waals surface area (Å²) in [7, 11) is 1.60. The van der Waals surface area contributed by atoms with Gasteiger partial charge in [0.25, 0.3) is 0 Å². The number of carbonyl (C=O) groups excluding carboxylic acids is 1. The molecule has 2 aromatic rings. The summed E-state index contributed by atoms with van der Waals surface area (Å²) >= 11 is 0. The highest BCUT2D eigenvalue weighted by molar-refractivity contribution is 5.89. The third-order valence-electron chi connectivity index (χ3n) is 2.53. The van der Waals surface area contributed by atoms with Crippen molar-refractivity contribution < 1.29 is 9.53 Å². The number of anilines is 1. The second-order valence-electron chi connectivity index (χ2n) is 3.88. The molecule has 6 heteroatoms. The van der Waals surface area contributed by atoms with Crippen LogP contribution in [0.1, 0.15) is 0 Å². The first-order chi connectivity index (χ1) is 9.28. The van der Waals surface area contributed by atoms with Gasteiger partial charge in [-0.15, -0.1) is 0 Å². The van der Waals surface area contributed by atoms with Crippen LogP contribution in [-0.2, 0) is 6.54 Å². The van der Waals surface area contributed by atoms with E-state index in [4.69, 9.17) is 4.74 Å². The van der Waals surface area contributed by atoms with Gasteiger partial charge in [-0.2, -0.15) is 5.10 Å². The lowest BCUT2D eigenvalue weighted by Crippen LogP contribution is -2.31. The summed E-state index contributed by atoms with van der Waals surface area (Å²) in [6, 6.07) is 8.76. The molecule has 1 heterocycles. The molecule has 0 saturated carbocycles. The maximum absolute atomic E-state index is 11.6. The topological polar surface area (TPSA) is 68.2 Å². The van der Waals surface area contributed by atoms with Crippen molar-refractivity contribution in [2.75, 3.05) is 19.0 Å². The molecule has 1 aromatic carbocycles. The lowest BCUT2D eigenvalue weighted by molar-refractivity contribution is 0.251. The van der Waals surface area contributed by atoms with Gasteiger partial charge in [-0.25, -0.2) is 4.79 Å². The van der Waals surface area contributed by atoms with Crippen LogP contribution >= 0.6 is 0 Å². The second-order valence-corrected chi connectivity index (χ2v) is 3.88. The van der Waals surface area contributed by atoms with E-state index < -0.39 is 0 Å². The molecule has 0 aliphatic rings. The first-order valence-electron chi connectivity index (χ1n) is 5.94. The Morgan fingerprint density at radius 1 is 1.37 bits per heavy atom. The Labute approximate surface area is 111 Å². The Morgan fingerprint density at radius 2 is 2.16 bits per heavy atom. The van der Waals surface area contributed by atoms with E-state index in [9.17, 15) is 4.79 Å². The standard InChI is InChI=1S/C13H16N4O2/c1-19-12-5-3-11(4-6-12)16-13(18)14-8-10-17-9-2-7-15-17/h2-7,9H,8,10H2,1H3,(H2,14,16,18). The predicted octanol–water partition coefficient (Wildman–Crippen LogP) is 1.71. The molecule has 0 unspecified atom stereocenters. The summed E-state index contributed by atoms with van der Waals surface area (Å²) in [5, 5.41) is 9.54. The van der Waals surface area contributed by atoms with E-state index in [1.807, 2.05) is 12.3 Å². The molecule has 2 N–H and O–H groups in total. The lowest BCUT2D eigenvalue weighted by atomic mass is 10.3. The molecular formula is C13H16N4O2. The fourth-order valence-electron chi connectivity index (χ4n) is 1.57. The Balaban J connectivity index is 1.74. The van der Waals surface area contributed by atoms with Crippen molar-refractivity contribution in [3.05, 3.63) is 42.7 Å². The molecule has 100 valence electrons. The van der Waals surface area contributed by atoms with Gasteiger partial charge in [-0.05, 0) is 30.3 Å². The number of aromatic nitrogens is 2. The minimum absolute atomic E-state index is 0.239. The van der Waals surface area contributed by atoms with Crippen molar-refractivity contribution >= 4 is 11.7 Å². The van der Waals surface area contributed by atoms with E-state index in [0.29, 0.717) is 13.1 Å². The summed E-state index contributed by atoms with van der Waals surface area (Å²) in [6.07, 6.45) is 3.56. The molecule has 0 atom stereocenters. The first-order valence-corrected chi connectivity index (χ1v) is 5.94. The smallest absolute Gasteiger partial charge is 0.319 e. The van der Waals surface area contributed by atoms with Crippen LogP contribution in [0.5, 0.6) is 5.75 Å².